The number of rotatable bonds is 2. The normalized spacial score (nSPS) is 22.1. The number of ether oxygens (including phenoxy) is 4. The molecule has 0 N–H and O–H groups in total. The minimum absolute atomic E-state index is 0.680. The molecule has 0 amide bonds. The lowest BCUT2D eigenvalue weighted by Crippen LogP contribution is -2.32. The summed E-state index contributed by atoms with van der Waals surface area (Å²) in [6.45, 7) is 0. The molecule has 2 saturated heterocycles. The standard InChI is InChI=1S/2C6H3F3O5/c2*7-6(8,9)5(12)13-2-1-3(10)14-4(2)11/h2*2H,1H2. The molecule has 2 aliphatic rings. The van der Waals surface area contributed by atoms with E-state index in [1.165, 1.54) is 0 Å². The van der Waals surface area contributed by atoms with Crippen LogP contribution in [0, 0.1) is 0 Å². The highest BCUT2D eigenvalue weighted by atomic mass is 19.4. The summed E-state index contributed by atoms with van der Waals surface area (Å²) in [5, 5.41) is 0. The maximum Gasteiger partial charge on any atom is 0.490 e. The van der Waals surface area contributed by atoms with E-state index in [1.807, 2.05) is 0 Å². The van der Waals surface area contributed by atoms with E-state index in [0.717, 1.165) is 0 Å². The van der Waals surface area contributed by atoms with Crippen LogP contribution in [-0.4, -0.2) is 60.4 Å². The molecule has 0 aliphatic carbocycles. The van der Waals surface area contributed by atoms with Gasteiger partial charge >= 0.3 is 48.2 Å². The first-order valence-electron chi connectivity index (χ1n) is 6.66. The van der Waals surface area contributed by atoms with Gasteiger partial charge in [0.25, 0.3) is 0 Å². The zero-order valence-corrected chi connectivity index (χ0v) is 12.9. The first-order valence-corrected chi connectivity index (χ1v) is 6.66. The van der Waals surface area contributed by atoms with E-state index in [-0.39, 0.29) is 0 Å². The Morgan fingerprint density at radius 2 is 1.00 bits per heavy atom. The van der Waals surface area contributed by atoms with Crippen LogP contribution in [0.2, 0.25) is 0 Å². The van der Waals surface area contributed by atoms with Crippen molar-refractivity contribution >= 4 is 35.8 Å². The van der Waals surface area contributed by atoms with E-state index in [1.54, 1.807) is 0 Å². The molecule has 16 heteroatoms. The van der Waals surface area contributed by atoms with Gasteiger partial charge in [0.15, 0.2) is 0 Å². The van der Waals surface area contributed by atoms with Crippen molar-refractivity contribution in [2.45, 2.75) is 37.4 Å². The van der Waals surface area contributed by atoms with Gasteiger partial charge in [-0.1, -0.05) is 0 Å². The molecular formula is C12H6F6O10. The van der Waals surface area contributed by atoms with Crippen molar-refractivity contribution in [3.05, 3.63) is 0 Å². The maximum absolute atomic E-state index is 11.6. The van der Waals surface area contributed by atoms with Crippen molar-refractivity contribution in [1.29, 1.82) is 0 Å². The van der Waals surface area contributed by atoms with Crippen molar-refractivity contribution in [3.8, 4) is 0 Å². The van der Waals surface area contributed by atoms with Gasteiger partial charge in [-0.15, -0.1) is 0 Å². The minimum Gasteiger partial charge on any atom is -0.443 e. The van der Waals surface area contributed by atoms with Gasteiger partial charge in [0, 0.05) is 0 Å². The first-order chi connectivity index (χ1) is 12.6. The molecule has 0 aromatic carbocycles. The average Bonchev–Trinajstić information content (AvgIpc) is 2.99. The van der Waals surface area contributed by atoms with Gasteiger partial charge in [-0.3, -0.25) is 9.59 Å². The van der Waals surface area contributed by atoms with E-state index in [2.05, 4.69) is 18.9 Å². The SMILES string of the molecule is O=C1CC(OC(=O)C(F)(F)F)C(=O)O1.O=C1CC(OC(=O)C(F)(F)F)C(=O)O1. The highest BCUT2D eigenvalue weighted by Gasteiger charge is 2.47. The number of esters is 6. The fraction of sp³-hybridized carbons (Fsp3) is 0.500. The summed E-state index contributed by atoms with van der Waals surface area (Å²) in [4.78, 5) is 62.3. The highest BCUT2D eigenvalue weighted by Crippen LogP contribution is 2.21. The Morgan fingerprint density at radius 3 is 1.18 bits per heavy atom. The molecule has 0 bridgehead atoms. The Bertz CT molecular complexity index is 649. The molecule has 2 atom stereocenters. The number of alkyl halides is 6. The second-order valence-corrected chi connectivity index (χ2v) is 4.78. The lowest BCUT2D eigenvalue weighted by molar-refractivity contribution is -0.205. The quantitative estimate of drug-likeness (QED) is 0.255. The first kappa shape index (κ1) is 22.8. The molecule has 0 saturated carbocycles. The second kappa shape index (κ2) is 8.22. The fourth-order valence-corrected chi connectivity index (χ4v) is 1.48. The second-order valence-electron chi connectivity index (χ2n) is 4.78. The summed E-state index contributed by atoms with van der Waals surface area (Å²) in [7, 11) is 0. The Balaban J connectivity index is 0.000000280. The lowest BCUT2D eigenvalue weighted by atomic mass is 10.3. The number of hydrogen-bond acceptors (Lipinski definition) is 10. The van der Waals surface area contributed by atoms with Crippen molar-refractivity contribution < 1.29 is 74.1 Å². The van der Waals surface area contributed by atoms with E-state index < -0.39 is 73.2 Å². The summed E-state index contributed by atoms with van der Waals surface area (Å²) in [6.07, 6.45) is -15.3. The predicted octanol–water partition coefficient (Wildman–Crippen LogP) is -0.132. The summed E-state index contributed by atoms with van der Waals surface area (Å²) < 4.78 is 84.8. The van der Waals surface area contributed by atoms with Crippen LogP contribution in [0.3, 0.4) is 0 Å². The van der Waals surface area contributed by atoms with E-state index in [9.17, 15) is 55.1 Å². The third-order valence-corrected chi connectivity index (χ3v) is 2.62. The molecule has 2 rings (SSSR count). The van der Waals surface area contributed by atoms with Crippen molar-refractivity contribution in [3.63, 3.8) is 0 Å². The van der Waals surface area contributed by atoms with Crippen LogP contribution in [0.1, 0.15) is 12.8 Å². The van der Waals surface area contributed by atoms with Crippen LogP contribution >= 0.6 is 0 Å². The van der Waals surface area contributed by atoms with Crippen molar-refractivity contribution in [1.82, 2.24) is 0 Å². The third-order valence-electron chi connectivity index (χ3n) is 2.62. The van der Waals surface area contributed by atoms with Gasteiger partial charge < -0.3 is 18.9 Å². The third kappa shape index (κ3) is 6.51. The van der Waals surface area contributed by atoms with Gasteiger partial charge in [-0.25, -0.2) is 19.2 Å². The summed E-state index contributed by atoms with van der Waals surface area (Å²) in [5.41, 5.74) is 0. The molecule has 28 heavy (non-hydrogen) atoms. The number of carbonyl (C=O) groups is 6. The molecule has 0 aromatic rings. The van der Waals surface area contributed by atoms with Gasteiger partial charge in [-0.05, 0) is 0 Å². The summed E-state index contributed by atoms with van der Waals surface area (Å²) in [5.74, 6) is -9.64. The smallest absolute Gasteiger partial charge is 0.443 e. The molecule has 0 aromatic heterocycles. The average molecular weight is 424 g/mol. The van der Waals surface area contributed by atoms with Crippen molar-refractivity contribution in [2.24, 2.45) is 0 Å². The Hall–Kier alpha value is -3.20. The van der Waals surface area contributed by atoms with Crippen LogP contribution in [-0.2, 0) is 47.7 Å². The number of halogens is 6. The summed E-state index contributed by atoms with van der Waals surface area (Å²) >= 11 is 0. The lowest BCUT2D eigenvalue weighted by Gasteiger charge is -2.08. The van der Waals surface area contributed by atoms with Gasteiger partial charge in [0.05, 0.1) is 12.8 Å². The largest absolute Gasteiger partial charge is 0.490 e. The van der Waals surface area contributed by atoms with E-state index >= 15 is 0 Å². The monoisotopic (exact) mass is 424 g/mol. The fourth-order valence-electron chi connectivity index (χ4n) is 1.48. The molecular weight excluding hydrogens is 418 g/mol. The predicted molar refractivity (Wildman–Crippen MR) is 63.3 cm³/mol. The number of hydrogen-bond donors (Lipinski definition) is 0. The van der Waals surface area contributed by atoms with Crippen LogP contribution < -0.4 is 0 Å². The molecule has 2 heterocycles. The van der Waals surface area contributed by atoms with Crippen molar-refractivity contribution in [2.75, 3.05) is 0 Å². The topological polar surface area (TPSA) is 139 Å². The highest BCUT2D eigenvalue weighted by molar-refractivity contribution is 5.98. The van der Waals surface area contributed by atoms with Gasteiger partial charge in [0.1, 0.15) is 0 Å². The van der Waals surface area contributed by atoms with Crippen LogP contribution in [0.15, 0.2) is 0 Å². The van der Waals surface area contributed by atoms with Crippen LogP contribution in [0.5, 0.6) is 0 Å². The number of carbonyl (C=O) groups excluding carboxylic acids is 6. The molecule has 156 valence electrons. The zero-order chi connectivity index (χ0) is 21.9. The number of cyclic esters (lactones) is 4. The van der Waals surface area contributed by atoms with E-state index in [0.29, 0.717) is 0 Å². The zero-order valence-electron chi connectivity index (χ0n) is 12.9. The molecule has 2 fully saturated rings. The molecule has 2 unspecified atom stereocenters. The van der Waals surface area contributed by atoms with Crippen LogP contribution in [0.25, 0.3) is 0 Å². The van der Waals surface area contributed by atoms with Gasteiger partial charge in [0.2, 0.25) is 12.2 Å². The Kier molecular flexibility index (Phi) is 6.70. The Morgan fingerprint density at radius 1 is 0.714 bits per heavy atom. The maximum atomic E-state index is 11.6. The summed E-state index contributed by atoms with van der Waals surface area (Å²) in [6, 6.07) is 0. The minimum atomic E-state index is -5.19. The Labute approximate surface area is 148 Å². The van der Waals surface area contributed by atoms with Crippen LogP contribution in [0.4, 0.5) is 26.3 Å². The molecule has 0 radical (unpaired) electrons. The molecule has 0 spiro atoms. The van der Waals surface area contributed by atoms with Gasteiger partial charge in [-0.2, -0.15) is 26.3 Å². The molecule has 2 aliphatic heterocycles. The van der Waals surface area contributed by atoms with E-state index in [4.69, 9.17) is 0 Å². The molecule has 10 nitrogen and oxygen atoms in total.